The quantitative estimate of drug-likeness (QED) is 0.868. The van der Waals surface area contributed by atoms with Gasteiger partial charge in [-0.3, -0.25) is 4.79 Å². The van der Waals surface area contributed by atoms with Gasteiger partial charge < -0.3 is 10.4 Å². The zero-order valence-electron chi connectivity index (χ0n) is 10.9. The summed E-state index contributed by atoms with van der Waals surface area (Å²) in [5.74, 6) is -0.0229. The first-order chi connectivity index (χ1) is 8.79. The van der Waals surface area contributed by atoms with Crippen molar-refractivity contribution < 1.29 is 18.3 Å². The highest BCUT2D eigenvalue weighted by Crippen LogP contribution is 2.28. The molecule has 2 atom stereocenters. The highest BCUT2D eigenvalue weighted by atomic mass is 32.2. The Kier molecular flexibility index (Phi) is 3.64. The van der Waals surface area contributed by atoms with Crippen LogP contribution in [0.2, 0.25) is 0 Å². The Morgan fingerprint density at radius 1 is 1.32 bits per heavy atom. The number of rotatable bonds is 3. The minimum Gasteiger partial charge on any atom is -0.387 e. The van der Waals surface area contributed by atoms with Gasteiger partial charge in [0, 0.05) is 18.4 Å². The van der Waals surface area contributed by atoms with Crippen LogP contribution in [0.15, 0.2) is 18.2 Å². The van der Waals surface area contributed by atoms with Crippen LogP contribution in [0.4, 0.5) is 5.69 Å². The summed E-state index contributed by atoms with van der Waals surface area (Å²) >= 11 is 0. The molecule has 0 aliphatic carbocycles. The fourth-order valence-corrected chi connectivity index (χ4v) is 2.72. The highest BCUT2D eigenvalue weighted by Gasteiger charge is 2.26. The Balaban J connectivity index is 2.30. The molecule has 104 valence electrons. The van der Waals surface area contributed by atoms with E-state index in [1.54, 1.807) is 18.2 Å². The van der Waals surface area contributed by atoms with Crippen molar-refractivity contribution in [2.24, 2.45) is 0 Å². The number of fused-ring (bicyclic) bond motifs is 1. The molecule has 2 unspecified atom stereocenters. The molecule has 19 heavy (non-hydrogen) atoms. The molecule has 0 fully saturated rings. The van der Waals surface area contributed by atoms with Crippen molar-refractivity contribution in [3.63, 3.8) is 0 Å². The molecule has 5 nitrogen and oxygen atoms in total. The Bertz CT molecular complexity index is 609. The molecule has 2 N–H and O–H groups in total. The van der Waals surface area contributed by atoms with Crippen LogP contribution in [0.25, 0.3) is 0 Å². The van der Waals surface area contributed by atoms with E-state index in [-0.39, 0.29) is 5.91 Å². The number of benzene rings is 1. The fourth-order valence-electron chi connectivity index (χ4n) is 2.09. The summed E-state index contributed by atoms with van der Waals surface area (Å²) in [6, 6.07) is 5.12. The van der Waals surface area contributed by atoms with E-state index in [1.807, 2.05) is 0 Å². The molecule has 1 heterocycles. The third kappa shape index (κ3) is 2.96. The van der Waals surface area contributed by atoms with Gasteiger partial charge in [-0.15, -0.1) is 0 Å². The summed E-state index contributed by atoms with van der Waals surface area (Å²) in [6.07, 6.45) is 1.07. The molecular formula is C13H17NO4S. The van der Waals surface area contributed by atoms with Gasteiger partial charge in [-0.1, -0.05) is 12.1 Å². The number of aryl methyl sites for hydroxylation is 1. The van der Waals surface area contributed by atoms with Crippen molar-refractivity contribution in [2.75, 3.05) is 11.6 Å². The maximum Gasteiger partial charge on any atom is 0.224 e. The van der Waals surface area contributed by atoms with Crippen molar-refractivity contribution in [3.8, 4) is 0 Å². The molecule has 1 aliphatic heterocycles. The van der Waals surface area contributed by atoms with E-state index in [4.69, 9.17) is 0 Å². The molecule has 0 spiro atoms. The zero-order valence-corrected chi connectivity index (χ0v) is 11.7. The normalized spacial score (nSPS) is 18.4. The smallest absolute Gasteiger partial charge is 0.224 e. The van der Waals surface area contributed by atoms with Crippen LogP contribution in [-0.2, 0) is 21.1 Å². The number of nitrogens with one attached hydrogen (secondary N) is 1. The number of amides is 1. The lowest BCUT2D eigenvalue weighted by Crippen LogP contribution is -2.25. The van der Waals surface area contributed by atoms with Gasteiger partial charge in [0.25, 0.3) is 0 Å². The minimum atomic E-state index is -3.30. The van der Waals surface area contributed by atoms with Gasteiger partial charge in [-0.25, -0.2) is 8.42 Å². The molecule has 0 saturated heterocycles. The zero-order chi connectivity index (χ0) is 14.2. The Morgan fingerprint density at radius 2 is 2.00 bits per heavy atom. The number of anilines is 1. The first-order valence-corrected chi connectivity index (χ1v) is 8.04. The number of aliphatic hydroxyl groups is 1. The SMILES string of the molecule is CC(C(O)c1ccc2c(c1)CCC(=O)N2)S(C)(=O)=O. The summed E-state index contributed by atoms with van der Waals surface area (Å²) in [5, 5.41) is 12.0. The predicted octanol–water partition coefficient (Wildman–Crippen LogP) is 1.04. The van der Waals surface area contributed by atoms with Crippen LogP contribution in [0.3, 0.4) is 0 Å². The van der Waals surface area contributed by atoms with E-state index in [9.17, 15) is 18.3 Å². The second kappa shape index (κ2) is 4.94. The first-order valence-electron chi connectivity index (χ1n) is 6.08. The molecule has 0 saturated carbocycles. The second-order valence-corrected chi connectivity index (χ2v) is 7.35. The van der Waals surface area contributed by atoms with Crippen molar-refractivity contribution in [1.82, 2.24) is 0 Å². The van der Waals surface area contributed by atoms with Crippen LogP contribution in [0.5, 0.6) is 0 Å². The number of carbonyl (C=O) groups is 1. The monoisotopic (exact) mass is 283 g/mol. The van der Waals surface area contributed by atoms with Gasteiger partial charge in [0.2, 0.25) is 5.91 Å². The van der Waals surface area contributed by atoms with Crippen molar-refractivity contribution >= 4 is 21.4 Å². The van der Waals surface area contributed by atoms with Gasteiger partial charge in [0.15, 0.2) is 9.84 Å². The molecular weight excluding hydrogens is 266 g/mol. The summed E-state index contributed by atoms with van der Waals surface area (Å²) in [4.78, 5) is 11.2. The van der Waals surface area contributed by atoms with E-state index in [1.165, 1.54) is 6.92 Å². The van der Waals surface area contributed by atoms with Gasteiger partial charge in [0.05, 0.1) is 11.4 Å². The third-order valence-electron chi connectivity index (χ3n) is 3.49. The van der Waals surface area contributed by atoms with Crippen LogP contribution >= 0.6 is 0 Å². The summed E-state index contributed by atoms with van der Waals surface area (Å²) < 4.78 is 22.9. The summed E-state index contributed by atoms with van der Waals surface area (Å²) in [7, 11) is -3.30. The summed E-state index contributed by atoms with van der Waals surface area (Å²) in [5.41, 5.74) is 2.23. The Morgan fingerprint density at radius 3 is 2.63 bits per heavy atom. The van der Waals surface area contributed by atoms with E-state index >= 15 is 0 Å². The van der Waals surface area contributed by atoms with E-state index in [0.29, 0.717) is 18.4 Å². The number of carbonyl (C=O) groups excluding carboxylic acids is 1. The van der Waals surface area contributed by atoms with E-state index < -0.39 is 21.2 Å². The number of hydrogen-bond donors (Lipinski definition) is 2. The lowest BCUT2D eigenvalue weighted by Gasteiger charge is -2.21. The molecule has 0 bridgehead atoms. The topological polar surface area (TPSA) is 83.5 Å². The molecule has 2 rings (SSSR count). The number of aliphatic hydroxyl groups excluding tert-OH is 1. The molecule has 1 aliphatic rings. The van der Waals surface area contributed by atoms with Crippen molar-refractivity contribution in [2.45, 2.75) is 31.1 Å². The first kappa shape index (κ1) is 14.0. The maximum atomic E-state index is 11.5. The average Bonchev–Trinajstić information content (AvgIpc) is 2.35. The lowest BCUT2D eigenvalue weighted by molar-refractivity contribution is -0.116. The van der Waals surface area contributed by atoms with E-state index in [2.05, 4.69) is 5.32 Å². The van der Waals surface area contributed by atoms with Crippen LogP contribution in [0, 0.1) is 0 Å². The minimum absolute atomic E-state index is 0.0229. The molecule has 0 radical (unpaired) electrons. The van der Waals surface area contributed by atoms with Crippen molar-refractivity contribution in [1.29, 1.82) is 0 Å². The largest absolute Gasteiger partial charge is 0.387 e. The van der Waals surface area contributed by atoms with Gasteiger partial charge in [-0.2, -0.15) is 0 Å². The van der Waals surface area contributed by atoms with Crippen molar-refractivity contribution in [3.05, 3.63) is 29.3 Å². The molecule has 1 aromatic carbocycles. The predicted molar refractivity (Wildman–Crippen MR) is 72.7 cm³/mol. The van der Waals surface area contributed by atoms with Crippen LogP contribution in [0.1, 0.15) is 30.6 Å². The van der Waals surface area contributed by atoms with Gasteiger partial charge in [-0.05, 0) is 30.5 Å². The Labute approximate surface area is 112 Å². The standard InChI is InChI=1S/C13H17NO4S/c1-8(19(2,17)18)13(16)10-3-5-11-9(7-10)4-6-12(15)14-11/h3,5,7-8,13,16H,4,6H2,1-2H3,(H,14,15). The molecule has 1 amide bonds. The van der Waals surface area contributed by atoms with Crippen LogP contribution < -0.4 is 5.32 Å². The maximum absolute atomic E-state index is 11.5. The van der Waals surface area contributed by atoms with Gasteiger partial charge in [0.1, 0.15) is 0 Å². The molecule has 1 aromatic rings. The Hall–Kier alpha value is -1.40. The molecule has 6 heteroatoms. The molecule has 0 aromatic heterocycles. The van der Waals surface area contributed by atoms with Crippen LogP contribution in [-0.4, -0.2) is 30.9 Å². The fraction of sp³-hybridized carbons (Fsp3) is 0.462. The highest BCUT2D eigenvalue weighted by molar-refractivity contribution is 7.91. The third-order valence-corrected chi connectivity index (χ3v) is 5.09. The second-order valence-electron chi connectivity index (χ2n) is 4.94. The number of hydrogen-bond acceptors (Lipinski definition) is 4. The van der Waals surface area contributed by atoms with E-state index in [0.717, 1.165) is 17.5 Å². The van der Waals surface area contributed by atoms with Gasteiger partial charge >= 0.3 is 0 Å². The lowest BCUT2D eigenvalue weighted by atomic mass is 9.97. The summed E-state index contributed by atoms with van der Waals surface area (Å²) in [6.45, 7) is 1.49. The number of sulfone groups is 1. The average molecular weight is 283 g/mol.